The molecule has 2 aromatic carbocycles. The number of carboxylic acid groups (broad SMARTS) is 1. The summed E-state index contributed by atoms with van der Waals surface area (Å²) in [5.74, 6) is -2.33. The third kappa shape index (κ3) is 4.55. The lowest BCUT2D eigenvalue weighted by Gasteiger charge is -2.14. The van der Waals surface area contributed by atoms with Crippen LogP contribution in [0.2, 0.25) is 0 Å². The third-order valence-electron chi connectivity index (χ3n) is 5.38. The summed E-state index contributed by atoms with van der Waals surface area (Å²) >= 11 is 0. The van der Waals surface area contributed by atoms with E-state index < -0.39 is 30.6 Å². The quantitative estimate of drug-likeness (QED) is 0.405. The molecule has 3 aromatic rings. The number of aliphatic hydroxyl groups is 1. The monoisotopic (exact) mass is 451 g/mol. The topological polar surface area (TPSA) is 151 Å². The van der Waals surface area contributed by atoms with Crippen molar-refractivity contribution >= 4 is 18.0 Å². The summed E-state index contributed by atoms with van der Waals surface area (Å²) in [6.45, 7) is -0.858. The Morgan fingerprint density at radius 2 is 1.70 bits per heavy atom. The fraction of sp³-hybridized carbons (Fsp3) is 0.217. The first-order valence-corrected chi connectivity index (χ1v) is 10.1. The molecule has 0 fully saturated rings. The summed E-state index contributed by atoms with van der Waals surface area (Å²) in [6.07, 6.45) is 0.289. The number of hydrogen-bond acceptors (Lipinski definition) is 7. The Morgan fingerprint density at radius 3 is 2.30 bits per heavy atom. The second kappa shape index (κ2) is 9.53. The Labute approximate surface area is 188 Å². The van der Waals surface area contributed by atoms with Crippen LogP contribution in [-0.4, -0.2) is 52.4 Å². The number of fused-ring (bicyclic) bond motifs is 3. The van der Waals surface area contributed by atoms with E-state index in [0.29, 0.717) is 0 Å². The van der Waals surface area contributed by atoms with E-state index in [9.17, 15) is 14.4 Å². The highest BCUT2D eigenvalue weighted by Crippen LogP contribution is 2.44. The molecular formula is C23H21N3O7. The van der Waals surface area contributed by atoms with Gasteiger partial charge in [0.25, 0.3) is 5.91 Å². The number of alkyl carbamates (subject to hydrolysis) is 1. The number of oxazole rings is 1. The minimum Gasteiger partial charge on any atom is -0.480 e. The van der Waals surface area contributed by atoms with Gasteiger partial charge in [0.1, 0.15) is 6.61 Å². The summed E-state index contributed by atoms with van der Waals surface area (Å²) in [6, 6.07) is 14.4. The van der Waals surface area contributed by atoms with Crippen molar-refractivity contribution in [1.82, 2.24) is 15.6 Å². The summed E-state index contributed by atoms with van der Waals surface area (Å²) < 4.78 is 10.6. The van der Waals surface area contributed by atoms with Crippen LogP contribution in [0.15, 0.2) is 59.3 Å². The van der Waals surface area contributed by atoms with Crippen LogP contribution in [0, 0.1) is 0 Å². The van der Waals surface area contributed by atoms with E-state index >= 15 is 0 Å². The minimum atomic E-state index is -1.49. The first-order chi connectivity index (χ1) is 16.0. The molecule has 0 aliphatic heterocycles. The zero-order valence-corrected chi connectivity index (χ0v) is 17.4. The zero-order chi connectivity index (χ0) is 23.4. The van der Waals surface area contributed by atoms with Crippen LogP contribution in [0.5, 0.6) is 0 Å². The van der Waals surface area contributed by atoms with Crippen molar-refractivity contribution in [1.29, 1.82) is 0 Å². The van der Waals surface area contributed by atoms with Gasteiger partial charge >= 0.3 is 12.1 Å². The lowest BCUT2D eigenvalue weighted by Crippen LogP contribution is -2.43. The smallest absolute Gasteiger partial charge is 0.407 e. The van der Waals surface area contributed by atoms with Crippen LogP contribution in [0.25, 0.3) is 11.1 Å². The van der Waals surface area contributed by atoms with E-state index in [2.05, 4.69) is 15.6 Å². The number of carbonyl (C=O) groups excluding carboxylic acids is 2. The largest absolute Gasteiger partial charge is 0.480 e. The first kappa shape index (κ1) is 22.0. The average molecular weight is 451 g/mol. The van der Waals surface area contributed by atoms with Gasteiger partial charge in [-0.25, -0.2) is 14.6 Å². The Hall–Kier alpha value is -4.18. The van der Waals surface area contributed by atoms with Gasteiger partial charge in [0.15, 0.2) is 23.9 Å². The molecule has 2 amide bonds. The Balaban J connectivity index is 1.36. The highest BCUT2D eigenvalue weighted by atomic mass is 16.5. The van der Waals surface area contributed by atoms with Crippen molar-refractivity contribution in [3.8, 4) is 11.1 Å². The zero-order valence-electron chi connectivity index (χ0n) is 17.4. The number of amides is 2. The number of carboxylic acids is 1. The second-order valence-electron chi connectivity index (χ2n) is 7.35. The second-order valence-corrected chi connectivity index (χ2v) is 7.35. The van der Waals surface area contributed by atoms with Gasteiger partial charge in [-0.2, -0.15) is 0 Å². The van der Waals surface area contributed by atoms with Crippen molar-refractivity contribution < 1.29 is 33.8 Å². The number of aromatic nitrogens is 1. The van der Waals surface area contributed by atoms with E-state index in [1.807, 2.05) is 48.5 Å². The van der Waals surface area contributed by atoms with Gasteiger partial charge in [-0.15, -0.1) is 0 Å². The van der Waals surface area contributed by atoms with Crippen molar-refractivity contribution in [3.05, 3.63) is 77.5 Å². The van der Waals surface area contributed by atoms with E-state index in [1.54, 1.807) is 0 Å². The number of carbonyl (C=O) groups is 3. The Morgan fingerprint density at radius 1 is 1.06 bits per heavy atom. The molecule has 170 valence electrons. The number of aliphatic carboxylic acids is 1. The Kier molecular flexibility index (Phi) is 6.36. The fourth-order valence-electron chi connectivity index (χ4n) is 3.80. The minimum absolute atomic E-state index is 0.0167. The summed E-state index contributed by atoms with van der Waals surface area (Å²) in [5.41, 5.74) is 4.19. The molecule has 0 saturated carbocycles. The van der Waals surface area contributed by atoms with Gasteiger partial charge in [0, 0.05) is 5.92 Å². The predicted octanol–water partition coefficient (Wildman–Crippen LogP) is 1.89. The van der Waals surface area contributed by atoms with E-state index in [4.69, 9.17) is 19.4 Å². The number of hydrogen-bond donors (Lipinski definition) is 4. The number of rotatable bonds is 8. The van der Waals surface area contributed by atoms with E-state index in [-0.39, 0.29) is 30.5 Å². The van der Waals surface area contributed by atoms with Gasteiger partial charge in [-0.3, -0.25) is 4.79 Å². The lowest BCUT2D eigenvalue weighted by atomic mass is 9.98. The molecular weight excluding hydrogens is 430 g/mol. The standard InChI is InChI=1S/C23H21N3O7/c27-10-18(22(29)30)26-21(28)20-19(33-12-25-20)9-24-23(31)32-11-17-15-7-3-1-5-13(15)14-6-2-4-8-16(14)17/h1-8,12,17-18,27H,9-11H2,(H,24,31)(H,26,28)(H,29,30)/t18-/m0/s1. The van der Waals surface area contributed by atoms with Crippen molar-refractivity contribution in [3.63, 3.8) is 0 Å². The molecule has 0 saturated heterocycles. The van der Waals surface area contributed by atoms with E-state index in [1.165, 1.54) is 0 Å². The highest BCUT2D eigenvalue weighted by Gasteiger charge is 2.29. The molecule has 1 aromatic heterocycles. The molecule has 1 heterocycles. The normalized spacial score (nSPS) is 13.0. The summed E-state index contributed by atoms with van der Waals surface area (Å²) in [4.78, 5) is 39.3. The van der Waals surface area contributed by atoms with Crippen LogP contribution < -0.4 is 10.6 Å². The van der Waals surface area contributed by atoms with Crippen LogP contribution >= 0.6 is 0 Å². The molecule has 4 N–H and O–H groups in total. The molecule has 10 nitrogen and oxygen atoms in total. The molecule has 1 aliphatic carbocycles. The fourth-order valence-corrected chi connectivity index (χ4v) is 3.80. The maximum absolute atomic E-state index is 12.3. The van der Waals surface area contributed by atoms with Gasteiger partial charge in [-0.05, 0) is 22.3 Å². The van der Waals surface area contributed by atoms with Crippen molar-refractivity contribution in [2.75, 3.05) is 13.2 Å². The van der Waals surface area contributed by atoms with Gasteiger partial charge < -0.3 is 30.0 Å². The van der Waals surface area contributed by atoms with Crippen molar-refractivity contribution in [2.24, 2.45) is 0 Å². The summed E-state index contributed by atoms with van der Waals surface area (Å²) in [7, 11) is 0. The number of ether oxygens (including phenoxy) is 1. The molecule has 1 atom stereocenters. The third-order valence-corrected chi connectivity index (χ3v) is 5.38. The Bertz CT molecular complexity index is 1140. The first-order valence-electron chi connectivity index (χ1n) is 10.1. The highest BCUT2D eigenvalue weighted by molar-refractivity contribution is 5.95. The molecule has 10 heteroatoms. The molecule has 0 unspecified atom stereocenters. The predicted molar refractivity (Wildman–Crippen MR) is 114 cm³/mol. The van der Waals surface area contributed by atoms with E-state index in [0.717, 1.165) is 28.6 Å². The van der Waals surface area contributed by atoms with Crippen LogP contribution in [0.1, 0.15) is 33.3 Å². The van der Waals surface area contributed by atoms with Crippen molar-refractivity contribution in [2.45, 2.75) is 18.5 Å². The molecule has 0 radical (unpaired) electrons. The molecule has 1 aliphatic rings. The van der Waals surface area contributed by atoms with Crippen LogP contribution in [0.4, 0.5) is 4.79 Å². The maximum atomic E-state index is 12.3. The number of benzene rings is 2. The molecule has 0 spiro atoms. The average Bonchev–Trinajstić information content (AvgIpc) is 3.42. The maximum Gasteiger partial charge on any atom is 0.407 e. The molecule has 4 rings (SSSR count). The number of nitrogens with zero attached hydrogens (tertiary/aromatic N) is 1. The van der Waals surface area contributed by atoms with Gasteiger partial charge in [-0.1, -0.05) is 48.5 Å². The number of aliphatic hydroxyl groups excluding tert-OH is 1. The number of nitrogens with one attached hydrogen (secondary N) is 2. The molecule has 33 heavy (non-hydrogen) atoms. The van der Waals surface area contributed by atoms with Crippen LogP contribution in [0.3, 0.4) is 0 Å². The van der Waals surface area contributed by atoms with Gasteiger partial charge in [0.05, 0.1) is 13.2 Å². The summed E-state index contributed by atoms with van der Waals surface area (Å²) in [5, 5.41) is 22.6. The lowest BCUT2D eigenvalue weighted by molar-refractivity contribution is -0.140. The van der Waals surface area contributed by atoms with Crippen LogP contribution in [-0.2, 0) is 16.1 Å². The van der Waals surface area contributed by atoms with Gasteiger partial charge in [0.2, 0.25) is 0 Å². The SMILES string of the molecule is O=C(NCc1ocnc1C(=O)N[C@@H](CO)C(=O)O)OCC1c2ccccc2-c2ccccc21. The molecule has 0 bridgehead atoms.